The molecule has 2 nitrogen and oxygen atoms in total. The molecule has 0 atom stereocenters. The van der Waals surface area contributed by atoms with E-state index < -0.39 is 0 Å². The zero-order valence-electron chi connectivity index (χ0n) is 9.60. The molecule has 0 saturated carbocycles. The van der Waals surface area contributed by atoms with Gasteiger partial charge in [0.2, 0.25) is 5.91 Å². The minimum atomic E-state index is -0.166. The van der Waals surface area contributed by atoms with Crippen LogP contribution in [0.2, 0.25) is 0 Å². The van der Waals surface area contributed by atoms with Crippen LogP contribution in [0.15, 0.2) is 0 Å². The number of alkyl halides is 2. The molecule has 0 unspecified atom stereocenters. The molecule has 1 saturated heterocycles. The number of carbonyl (C=O) groups excluding carboxylic acids is 1. The van der Waals surface area contributed by atoms with E-state index >= 15 is 0 Å². The number of hydrogen-bond acceptors (Lipinski definition) is 2. The van der Waals surface area contributed by atoms with Gasteiger partial charge in [-0.05, 0) is 37.2 Å². The molecule has 1 rings (SSSR count). The van der Waals surface area contributed by atoms with Gasteiger partial charge in [0.15, 0.2) is 0 Å². The van der Waals surface area contributed by atoms with Crippen LogP contribution in [0.1, 0.15) is 26.2 Å². The van der Waals surface area contributed by atoms with Gasteiger partial charge in [0.25, 0.3) is 0 Å². The third-order valence-corrected chi connectivity index (χ3v) is 6.37. The standard InChI is InChI=1S/C11H19Br2NOS/c1-11(7-12,8-13)14-10(15)6-9-2-4-16-5-3-9/h9H,2-8H2,1H3,(H,14,15). The highest BCUT2D eigenvalue weighted by Crippen LogP contribution is 2.25. The first-order valence-electron chi connectivity index (χ1n) is 5.60. The lowest BCUT2D eigenvalue weighted by Crippen LogP contribution is -2.49. The summed E-state index contributed by atoms with van der Waals surface area (Å²) in [5.74, 6) is 3.22. The van der Waals surface area contributed by atoms with Crippen molar-refractivity contribution in [3.8, 4) is 0 Å². The Labute approximate surface area is 119 Å². The molecule has 0 aromatic rings. The fraction of sp³-hybridized carbons (Fsp3) is 0.909. The first kappa shape index (κ1) is 14.8. The van der Waals surface area contributed by atoms with E-state index in [0.29, 0.717) is 12.3 Å². The van der Waals surface area contributed by atoms with Crippen molar-refractivity contribution < 1.29 is 4.79 Å². The van der Waals surface area contributed by atoms with Crippen LogP contribution in [0.4, 0.5) is 0 Å². The maximum atomic E-state index is 11.9. The van der Waals surface area contributed by atoms with Gasteiger partial charge in [-0.15, -0.1) is 0 Å². The third kappa shape index (κ3) is 4.96. The summed E-state index contributed by atoms with van der Waals surface area (Å²) in [6.07, 6.45) is 3.07. The Morgan fingerprint density at radius 2 is 1.94 bits per heavy atom. The van der Waals surface area contributed by atoms with Crippen LogP contribution in [0.5, 0.6) is 0 Å². The number of halogens is 2. The van der Waals surface area contributed by atoms with Gasteiger partial charge in [0, 0.05) is 17.1 Å². The van der Waals surface area contributed by atoms with Crippen LogP contribution in [-0.4, -0.2) is 33.6 Å². The van der Waals surface area contributed by atoms with Crippen LogP contribution >= 0.6 is 43.6 Å². The molecule has 0 aromatic carbocycles. The van der Waals surface area contributed by atoms with Gasteiger partial charge < -0.3 is 5.32 Å². The summed E-state index contributed by atoms with van der Waals surface area (Å²) >= 11 is 8.88. The molecular formula is C11H19Br2NOS. The van der Waals surface area contributed by atoms with E-state index in [1.807, 2.05) is 18.7 Å². The van der Waals surface area contributed by atoms with Crippen molar-refractivity contribution in [3.05, 3.63) is 0 Å². The lowest BCUT2D eigenvalue weighted by atomic mass is 9.97. The number of carbonyl (C=O) groups is 1. The van der Waals surface area contributed by atoms with Crippen molar-refractivity contribution >= 4 is 49.5 Å². The van der Waals surface area contributed by atoms with Crippen LogP contribution in [0, 0.1) is 5.92 Å². The molecule has 0 bridgehead atoms. The highest BCUT2D eigenvalue weighted by Gasteiger charge is 2.25. The van der Waals surface area contributed by atoms with Crippen LogP contribution < -0.4 is 5.32 Å². The molecule has 1 aliphatic heterocycles. The Bertz CT molecular complexity index is 228. The van der Waals surface area contributed by atoms with Crippen molar-refractivity contribution in [2.75, 3.05) is 22.2 Å². The van der Waals surface area contributed by atoms with Crippen molar-refractivity contribution in [1.82, 2.24) is 5.32 Å². The van der Waals surface area contributed by atoms with Crippen molar-refractivity contribution in [3.63, 3.8) is 0 Å². The van der Waals surface area contributed by atoms with Crippen molar-refractivity contribution in [1.29, 1.82) is 0 Å². The van der Waals surface area contributed by atoms with E-state index in [4.69, 9.17) is 0 Å². The SMILES string of the molecule is CC(CBr)(CBr)NC(=O)CC1CCSCC1. The highest BCUT2D eigenvalue weighted by molar-refractivity contribution is 9.09. The fourth-order valence-corrected chi connectivity index (χ4v) is 4.12. The minimum absolute atomic E-state index is 0.166. The lowest BCUT2D eigenvalue weighted by molar-refractivity contribution is -0.123. The Hall–Kier alpha value is 0.780. The smallest absolute Gasteiger partial charge is 0.220 e. The maximum absolute atomic E-state index is 11.9. The van der Waals surface area contributed by atoms with Crippen molar-refractivity contribution in [2.45, 2.75) is 31.7 Å². The second-order valence-corrected chi connectivity index (χ2v) is 6.98. The van der Waals surface area contributed by atoms with E-state index in [2.05, 4.69) is 37.2 Å². The second-order valence-electron chi connectivity index (χ2n) is 4.64. The molecule has 5 heteroatoms. The van der Waals surface area contributed by atoms with E-state index in [0.717, 1.165) is 10.7 Å². The van der Waals surface area contributed by atoms with E-state index in [-0.39, 0.29) is 11.4 Å². The number of rotatable bonds is 5. The molecule has 0 aliphatic carbocycles. The second kappa shape index (κ2) is 7.27. The summed E-state index contributed by atoms with van der Waals surface area (Å²) in [5.41, 5.74) is -0.166. The monoisotopic (exact) mass is 371 g/mol. The van der Waals surface area contributed by atoms with Gasteiger partial charge in [-0.25, -0.2) is 0 Å². The number of thioether (sulfide) groups is 1. The summed E-state index contributed by atoms with van der Waals surface area (Å²) in [6, 6.07) is 0. The predicted octanol–water partition coefficient (Wildman–Crippen LogP) is 3.18. The Balaban J connectivity index is 2.34. The molecule has 0 radical (unpaired) electrons. The normalized spacial score (nSPS) is 18.4. The largest absolute Gasteiger partial charge is 0.349 e. The molecule has 16 heavy (non-hydrogen) atoms. The molecule has 1 amide bonds. The number of hydrogen-bond donors (Lipinski definition) is 1. The molecular weight excluding hydrogens is 354 g/mol. The molecule has 1 fully saturated rings. The molecule has 1 aliphatic rings. The summed E-state index contributed by atoms with van der Waals surface area (Å²) in [5, 5.41) is 4.65. The Kier molecular flexibility index (Phi) is 6.74. The molecule has 94 valence electrons. The Morgan fingerprint density at radius 3 is 2.44 bits per heavy atom. The zero-order chi connectivity index (χ0) is 12.0. The summed E-state index contributed by atoms with van der Waals surface area (Å²) in [4.78, 5) is 11.9. The first-order chi connectivity index (χ1) is 7.59. The quantitative estimate of drug-likeness (QED) is 0.751. The van der Waals surface area contributed by atoms with Gasteiger partial charge in [-0.1, -0.05) is 31.9 Å². The van der Waals surface area contributed by atoms with Crippen molar-refractivity contribution in [2.24, 2.45) is 5.92 Å². The average molecular weight is 373 g/mol. The zero-order valence-corrected chi connectivity index (χ0v) is 13.6. The topological polar surface area (TPSA) is 29.1 Å². The third-order valence-electron chi connectivity index (χ3n) is 2.85. The van der Waals surface area contributed by atoms with Gasteiger partial charge in [-0.3, -0.25) is 4.79 Å². The van der Waals surface area contributed by atoms with Gasteiger partial charge in [0.1, 0.15) is 0 Å². The molecule has 0 aromatic heterocycles. The van der Waals surface area contributed by atoms with E-state index in [1.165, 1.54) is 24.3 Å². The van der Waals surface area contributed by atoms with Gasteiger partial charge in [-0.2, -0.15) is 11.8 Å². The molecule has 0 spiro atoms. The van der Waals surface area contributed by atoms with Gasteiger partial charge in [0.05, 0.1) is 5.54 Å². The molecule has 1 heterocycles. The fourth-order valence-electron chi connectivity index (χ4n) is 1.70. The lowest BCUT2D eigenvalue weighted by Gasteiger charge is -2.28. The van der Waals surface area contributed by atoms with Crippen LogP contribution in [0.3, 0.4) is 0 Å². The summed E-state index contributed by atoms with van der Waals surface area (Å²) in [6.45, 7) is 2.05. The molecule has 1 N–H and O–H groups in total. The first-order valence-corrected chi connectivity index (χ1v) is 9.00. The maximum Gasteiger partial charge on any atom is 0.220 e. The average Bonchev–Trinajstić information content (AvgIpc) is 2.30. The predicted molar refractivity (Wildman–Crippen MR) is 78.8 cm³/mol. The van der Waals surface area contributed by atoms with Crippen LogP contribution in [-0.2, 0) is 4.79 Å². The number of nitrogens with one attached hydrogen (secondary N) is 1. The van der Waals surface area contributed by atoms with E-state index in [1.54, 1.807) is 0 Å². The highest BCUT2D eigenvalue weighted by atomic mass is 79.9. The number of amides is 1. The summed E-state index contributed by atoms with van der Waals surface area (Å²) < 4.78 is 0. The van der Waals surface area contributed by atoms with Gasteiger partial charge >= 0.3 is 0 Å². The minimum Gasteiger partial charge on any atom is -0.349 e. The van der Waals surface area contributed by atoms with Crippen LogP contribution in [0.25, 0.3) is 0 Å². The summed E-state index contributed by atoms with van der Waals surface area (Å²) in [7, 11) is 0. The Morgan fingerprint density at radius 1 is 1.38 bits per heavy atom. The van der Waals surface area contributed by atoms with E-state index in [9.17, 15) is 4.79 Å².